The van der Waals surface area contributed by atoms with Crippen molar-refractivity contribution in [2.24, 2.45) is 0 Å². The van der Waals surface area contributed by atoms with E-state index in [1.54, 1.807) is 36.1 Å². The van der Waals surface area contributed by atoms with Crippen LogP contribution in [-0.2, 0) is 21.2 Å². The number of hydrogen-bond donors (Lipinski definition) is 1. The van der Waals surface area contributed by atoms with Crippen molar-refractivity contribution in [2.45, 2.75) is 39.0 Å². The van der Waals surface area contributed by atoms with Gasteiger partial charge in [-0.25, -0.2) is 8.42 Å². The molecule has 1 N–H and O–H groups in total. The number of sulfonamides is 1. The number of nitrogens with one attached hydrogen (secondary N) is 1. The van der Waals surface area contributed by atoms with Crippen LogP contribution in [0.4, 0.5) is 11.4 Å². The molecule has 0 aromatic heterocycles. The molecule has 6 heteroatoms. The number of fused-ring (bicyclic) bond motifs is 1. The predicted molar refractivity (Wildman–Crippen MR) is 99.6 cm³/mol. The zero-order valence-corrected chi connectivity index (χ0v) is 15.7. The standard InChI is InChI=1S/C19H22N2O3S/c1-5-21-17-7-6-16(10-15(17)11-19(21)22)20-25(23,24)18-9-13(3)12(2)8-14(18)4/h6-10,20H,5,11H2,1-4H3. The maximum atomic E-state index is 12.8. The lowest BCUT2D eigenvalue weighted by Gasteiger charge is -2.16. The summed E-state index contributed by atoms with van der Waals surface area (Å²) in [6.07, 6.45) is 0.307. The molecule has 1 heterocycles. The maximum absolute atomic E-state index is 12.8. The Balaban J connectivity index is 1.94. The van der Waals surface area contributed by atoms with E-state index in [1.165, 1.54) is 0 Å². The summed E-state index contributed by atoms with van der Waals surface area (Å²) in [6.45, 7) is 8.18. The first-order valence-electron chi connectivity index (χ1n) is 8.27. The Morgan fingerprint density at radius 2 is 1.72 bits per heavy atom. The molecule has 1 aliphatic rings. The highest BCUT2D eigenvalue weighted by Crippen LogP contribution is 2.32. The van der Waals surface area contributed by atoms with Crippen molar-refractivity contribution >= 4 is 27.3 Å². The van der Waals surface area contributed by atoms with Gasteiger partial charge in [0, 0.05) is 17.9 Å². The van der Waals surface area contributed by atoms with Gasteiger partial charge in [-0.05, 0) is 74.2 Å². The monoisotopic (exact) mass is 358 g/mol. The molecule has 1 aliphatic heterocycles. The molecule has 0 bridgehead atoms. The number of likely N-dealkylation sites (N-methyl/N-ethyl adjacent to an activating group) is 1. The Hall–Kier alpha value is -2.34. The fourth-order valence-electron chi connectivity index (χ4n) is 3.23. The van der Waals surface area contributed by atoms with Crippen LogP contribution in [0.1, 0.15) is 29.2 Å². The third-order valence-electron chi connectivity index (χ3n) is 4.66. The zero-order valence-electron chi connectivity index (χ0n) is 14.9. The van der Waals surface area contributed by atoms with Gasteiger partial charge in [-0.2, -0.15) is 0 Å². The normalized spacial score (nSPS) is 13.9. The second kappa shape index (κ2) is 6.19. The highest BCUT2D eigenvalue weighted by molar-refractivity contribution is 7.92. The van der Waals surface area contributed by atoms with Crippen molar-refractivity contribution in [3.8, 4) is 0 Å². The van der Waals surface area contributed by atoms with Crippen LogP contribution < -0.4 is 9.62 Å². The number of anilines is 2. The van der Waals surface area contributed by atoms with Crippen LogP contribution in [0.3, 0.4) is 0 Å². The van der Waals surface area contributed by atoms with Gasteiger partial charge in [-0.15, -0.1) is 0 Å². The van der Waals surface area contributed by atoms with E-state index < -0.39 is 10.0 Å². The minimum atomic E-state index is -3.68. The van der Waals surface area contributed by atoms with Gasteiger partial charge in [0.2, 0.25) is 5.91 Å². The Bertz CT molecular complexity index is 965. The van der Waals surface area contributed by atoms with Crippen molar-refractivity contribution in [2.75, 3.05) is 16.2 Å². The number of rotatable bonds is 4. The molecule has 1 amide bonds. The van der Waals surface area contributed by atoms with E-state index in [0.29, 0.717) is 24.2 Å². The Kier molecular flexibility index (Phi) is 4.33. The number of amides is 1. The van der Waals surface area contributed by atoms with Crippen molar-refractivity contribution in [1.82, 2.24) is 0 Å². The van der Waals surface area contributed by atoms with E-state index in [-0.39, 0.29) is 10.8 Å². The quantitative estimate of drug-likeness (QED) is 0.912. The summed E-state index contributed by atoms with van der Waals surface area (Å²) in [5.74, 6) is 0.0440. The van der Waals surface area contributed by atoms with Gasteiger partial charge >= 0.3 is 0 Å². The first kappa shape index (κ1) is 17.5. The Morgan fingerprint density at radius 1 is 1.04 bits per heavy atom. The Labute approximate surface area is 148 Å². The van der Waals surface area contributed by atoms with Crippen molar-refractivity contribution in [1.29, 1.82) is 0 Å². The van der Waals surface area contributed by atoms with E-state index in [0.717, 1.165) is 22.4 Å². The number of nitrogens with zero attached hydrogens (tertiary/aromatic N) is 1. The van der Waals surface area contributed by atoms with Crippen LogP contribution in [-0.4, -0.2) is 20.9 Å². The number of carbonyl (C=O) groups is 1. The minimum absolute atomic E-state index is 0.0440. The van der Waals surface area contributed by atoms with Gasteiger partial charge in [0.05, 0.1) is 11.3 Å². The summed E-state index contributed by atoms with van der Waals surface area (Å²) >= 11 is 0. The van der Waals surface area contributed by atoms with E-state index in [4.69, 9.17) is 0 Å². The zero-order chi connectivity index (χ0) is 18.4. The minimum Gasteiger partial charge on any atom is -0.312 e. The fourth-order valence-corrected chi connectivity index (χ4v) is 4.59. The van der Waals surface area contributed by atoms with Gasteiger partial charge in [0.25, 0.3) is 10.0 Å². The Morgan fingerprint density at radius 3 is 2.40 bits per heavy atom. The second-order valence-corrected chi connectivity index (χ2v) is 8.12. The van der Waals surface area contributed by atoms with Gasteiger partial charge < -0.3 is 4.90 Å². The molecule has 2 aromatic rings. The summed E-state index contributed by atoms with van der Waals surface area (Å²) in [5.41, 5.74) is 4.89. The molecule has 0 radical (unpaired) electrons. The van der Waals surface area contributed by atoms with E-state index >= 15 is 0 Å². The number of benzene rings is 2. The summed E-state index contributed by atoms with van der Waals surface area (Å²) in [5, 5.41) is 0. The lowest BCUT2D eigenvalue weighted by molar-refractivity contribution is -0.117. The van der Waals surface area contributed by atoms with Crippen LogP contribution in [0.25, 0.3) is 0 Å². The molecule has 0 saturated heterocycles. The molecule has 2 aromatic carbocycles. The average molecular weight is 358 g/mol. The van der Waals surface area contributed by atoms with Crippen LogP contribution >= 0.6 is 0 Å². The number of carbonyl (C=O) groups excluding carboxylic acids is 1. The molecule has 0 atom stereocenters. The SMILES string of the molecule is CCN1C(=O)Cc2cc(NS(=O)(=O)c3cc(C)c(C)cc3C)ccc21. The van der Waals surface area contributed by atoms with Gasteiger partial charge in [-0.1, -0.05) is 6.07 Å². The highest BCUT2D eigenvalue weighted by Gasteiger charge is 2.26. The van der Waals surface area contributed by atoms with Crippen LogP contribution in [0.2, 0.25) is 0 Å². The molecule has 132 valence electrons. The molecule has 0 saturated carbocycles. The second-order valence-electron chi connectivity index (χ2n) is 6.47. The van der Waals surface area contributed by atoms with Gasteiger partial charge in [0.1, 0.15) is 0 Å². The lowest BCUT2D eigenvalue weighted by Crippen LogP contribution is -2.25. The molecule has 3 rings (SSSR count). The molecular weight excluding hydrogens is 336 g/mol. The fraction of sp³-hybridized carbons (Fsp3) is 0.316. The molecular formula is C19H22N2O3S. The first-order chi connectivity index (χ1) is 11.7. The van der Waals surface area contributed by atoms with Crippen LogP contribution in [0.15, 0.2) is 35.2 Å². The smallest absolute Gasteiger partial charge is 0.262 e. The van der Waals surface area contributed by atoms with E-state index in [1.807, 2.05) is 26.8 Å². The van der Waals surface area contributed by atoms with Crippen molar-refractivity contribution < 1.29 is 13.2 Å². The van der Waals surface area contributed by atoms with Crippen LogP contribution in [0, 0.1) is 20.8 Å². The predicted octanol–water partition coefficient (Wildman–Crippen LogP) is 3.32. The number of aryl methyl sites for hydroxylation is 3. The van der Waals surface area contributed by atoms with Crippen molar-refractivity contribution in [3.63, 3.8) is 0 Å². The lowest BCUT2D eigenvalue weighted by atomic mass is 10.1. The van der Waals surface area contributed by atoms with Gasteiger partial charge in [-0.3, -0.25) is 9.52 Å². The summed E-state index contributed by atoms with van der Waals surface area (Å²) in [4.78, 5) is 14.0. The first-order valence-corrected chi connectivity index (χ1v) is 9.75. The van der Waals surface area contributed by atoms with Crippen molar-refractivity contribution in [3.05, 3.63) is 52.6 Å². The summed E-state index contributed by atoms with van der Waals surface area (Å²) in [6, 6.07) is 8.83. The third kappa shape index (κ3) is 3.14. The van der Waals surface area contributed by atoms with E-state index in [2.05, 4.69) is 4.72 Å². The molecule has 25 heavy (non-hydrogen) atoms. The molecule has 0 fully saturated rings. The molecule has 0 spiro atoms. The largest absolute Gasteiger partial charge is 0.312 e. The van der Waals surface area contributed by atoms with E-state index in [9.17, 15) is 13.2 Å². The molecule has 0 aliphatic carbocycles. The van der Waals surface area contributed by atoms with Crippen LogP contribution in [0.5, 0.6) is 0 Å². The number of hydrogen-bond acceptors (Lipinski definition) is 3. The third-order valence-corrected chi connectivity index (χ3v) is 6.19. The maximum Gasteiger partial charge on any atom is 0.262 e. The summed E-state index contributed by atoms with van der Waals surface area (Å²) < 4.78 is 28.2. The molecule has 5 nitrogen and oxygen atoms in total. The summed E-state index contributed by atoms with van der Waals surface area (Å²) in [7, 11) is -3.68. The highest BCUT2D eigenvalue weighted by atomic mass is 32.2. The van der Waals surface area contributed by atoms with Gasteiger partial charge in [0.15, 0.2) is 0 Å². The molecule has 0 unspecified atom stereocenters. The topological polar surface area (TPSA) is 66.5 Å². The average Bonchev–Trinajstić information content (AvgIpc) is 2.84.